The van der Waals surface area contributed by atoms with Crippen molar-refractivity contribution in [2.75, 3.05) is 6.54 Å². The van der Waals surface area contributed by atoms with Crippen LogP contribution in [-0.2, 0) is 13.5 Å². The van der Waals surface area contributed by atoms with E-state index in [1.165, 1.54) is 42.6 Å². The molecule has 0 atom stereocenters. The van der Waals surface area contributed by atoms with E-state index in [0.29, 0.717) is 18.5 Å². The van der Waals surface area contributed by atoms with Crippen LogP contribution in [0.5, 0.6) is 0 Å². The molecule has 1 heterocycles. The number of rotatable bonds is 5. The number of imidazole rings is 1. The Kier molecular flexibility index (Phi) is 4.17. The molecule has 2 aliphatic carbocycles. The molecule has 2 saturated carbocycles. The molecule has 2 N–H and O–H groups in total. The fourth-order valence-corrected chi connectivity index (χ4v) is 3.75. The molecule has 2 aromatic rings. The molecular formula is C19H26N4O. The lowest BCUT2D eigenvalue weighted by Gasteiger charge is -2.12. The summed E-state index contributed by atoms with van der Waals surface area (Å²) in [6.45, 7) is 0.659. The monoisotopic (exact) mass is 326 g/mol. The van der Waals surface area contributed by atoms with Crippen molar-refractivity contribution in [3.05, 3.63) is 29.6 Å². The third-order valence-corrected chi connectivity index (χ3v) is 5.31. The molecule has 0 saturated heterocycles. The predicted octanol–water partition coefficient (Wildman–Crippen LogP) is 3.24. The zero-order valence-electron chi connectivity index (χ0n) is 14.3. The molecule has 2 aliphatic rings. The van der Waals surface area contributed by atoms with Gasteiger partial charge in [-0.2, -0.15) is 0 Å². The average molecular weight is 326 g/mol. The number of hydrogen-bond donors (Lipinski definition) is 2. The topological polar surface area (TPSA) is 59.0 Å². The third-order valence-electron chi connectivity index (χ3n) is 5.31. The van der Waals surface area contributed by atoms with E-state index in [1.54, 1.807) is 0 Å². The average Bonchev–Trinajstić information content (AvgIpc) is 3.19. The largest absolute Gasteiger partial charge is 0.338 e. The van der Waals surface area contributed by atoms with Gasteiger partial charge in [-0.1, -0.05) is 18.9 Å². The molecule has 24 heavy (non-hydrogen) atoms. The molecule has 128 valence electrons. The lowest BCUT2D eigenvalue weighted by atomic mass is 10.1. The maximum atomic E-state index is 11.9. The second-order valence-corrected chi connectivity index (χ2v) is 7.26. The van der Waals surface area contributed by atoms with E-state index in [4.69, 9.17) is 4.98 Å². The SMILES string of the molecule is Cn1c(C2CC2)nc2cc(CCNC(=O)NC3CCCC3)ccc21. The number of fused-ring (bicyclic) bond motifs is 1. The highest BCUT2D eigenvalue weighted by molar-refractivity contribution is 5.77. The van der Waals surface area contributed by atoms with E-state index in [2.05, 4.69) is 40.4 Å². The van der Waals surface area contributed by atoms with E-state index in [0.717, 1.165) is 24.8 Å². The summed E-state index contributed by atoms with van der Waals surface area (Å²) in [5.41, 5.74) is 3.50. The maximum Gasteiger partial charge on any atom is 0.315 e. The fourth-order valence-electron chi connectivity index (χ4n) is 3.75. The predicted molar refractivity (Wildman–Crippen MR) is 95.2 cm³/mol. The van der Waals surface area contributed by atoms with Gasteiger partial charge in [0.1, 0.15) is 5.82 Å². The number of amides is 2. The zero-order valence-corrected chi connectivity index (χ0v) is 14.3. The summed E-state index contributed by atoms with van der Waals surface area (Å²) in [6.07, 6.45) is 8.08. The number of urea groups is 1. The van der Waals surface area contributed by atoms with Crippen molar-refractivity contribution >= 4 is 17.1 Å². The van der Waals surface area contributed by atoms with Gasteiger partial charge in [0.05, 0.1) is 11.0 Å². The number of hydrogen-bond acceptors (Lipinski definition) is 2. The fraction of sp³-hybridized carbons (Fsp3) is 0.579. The first kappa shape index (κ1) is 15.5. The van der Waals surface area contributed by atoms with Crippen molar-refractivity contribution in [3.63, 3.8) is 0 Å². The molecular weight excluding hydrogens is 300 g/mol. The van der Waals surface area contributed by atoms with Crippen LogP contribution in [0.1, 0.15) is 55.8 Å². The van der Waals surface area contributed by atoms with E-state index < -0.39 is 0 Å². The van der Waals surface area contributed by atoms with E-state index in [1.807, 2.05) is 0 Å². The second-order valence-electron chi connectivity index (χ2n) is 7.26. The highest BCUT2D eigenvalue weighted by Crippen LogP contribution is 2.40. The summed E-state index contributed by atoms with van der Waals surface area (Å²) in [5, 5.41) is 6.03. The first-order valence-corrected chi connectivity index (χ1v) is 9.20. The number of carbonyl (C=O) groups excluding carboxylic acids is 1. The Bertz CT molecular complexity index is 741. The van der Waals surface area contributed by atoms with Gasteiger partial charge >= 0.3 is 6.03 Å². The van der Waals surface area contributed by atoms with Crippen molar-refractivity contribution in [3.8, 4) is 0 Å². The summed E-state index contributed by atoms with van der Waals surface area (Å²) in [5.74, 6) is 1.88. The number of nitrogens with zero attached hydrogens (tertiary/aromatic N) is 2. The number of aryl methyl sites for hydroxylation is 1. The van der Waals surface area contributed by atoms with E-state index >= 15 is 0 Å². The van der Waals surface area contributed by atoms with Gasteiger partial charge in [-0.15, -0.1) is 0 Å². The number of benzene rings is 1. The minimum Gasteiger partial charge on any atom is -0.338 e. The maximum absolute atomic E-state index is 11.9. The number of aromatic nitrogens is 2. The molecule has 0 spiro atoms. The Morgan fingerprint density at radius 1 is 1.25 bits per heavy atom. The van der Waals surface area contributed by atoms with Crippen molar-refractivity contribution in [2.24, 2.45) is 7.05 Å². The smallest absolute Gasteiger partial charge is 0.315 e. The highest BCUT2D eigenvalue weighted by Gasteiger charge is 2.28. The minimum atomic E-state index is -0.0307. The molecule has 2 amide bonds. The van der Waals surface area contributed by atoms with Gasteiger partial charge in [0, 0.05) is 25.6 Å². The van der Waals surface area contributed by atoms with Gasteiger partial charge in [-0.3, -0.25) is 0 Å². The zero-order chi connectivity index (χ0) is 16.5. The molecule has 1 aromatic carbocycles. The van der Waals surface area contributed by atoms with Gasteiger partial charge < -0.3 is 15.2 Å². The normalized spacial score (nSPS) is 18.2. The van der Waals surface area contributed by atoms with Crippen LogP contribution in [0.15, 0.2) is 18.2 Å². The Morgan fingerprint density at radius 3 is 2.79 bits per heavy atom. The molecule has 0 bridgehead atoms. The minimum absolute atomic E-state index is 0.0307. The van der Waals surface area contributed by atoms with E-state index in [9.17, 15) is 4.79 Å². The highest BCUT2D eigenvalue weighted by atomic mass is 16.2. The Balaban J connectivity index is 1.33. The van der Waals surface area contributed by atoms with Gasteiger partial charge in [-0.05, 0) is 49.8 Å². The van der Waals surface area contributed by atoms with Crippen LogP contribution in [0.2, 0.25) is 0 Å². The first-order chi connectivity index (χ1) is 11.7. The van der Waals surface area contributed by atoms with Crippen LogP contribution in [0.25, 0.3) is 11.0 Å². The second kappa shape index (κ2) is 6.46. The third kappa shape index (κ3) is 3.25. The summed E-state index contributed by atoms with van der Waals surface area (Å²) in [6, 6.07) is 6.81. The Labute approximate surface area is 142 Å². The van der Waals surface area contributed by atoms with Crippen LogP contribution in [0, 0.1) is 0 Å². The van der Waals surface area contributed by atoms with Crippen LogP contribution in [-0.4, -0.2) is 28.2 Å². The van der Waals surface area contributed by atoms with Crippen LogP contribution in [0.4, 0.5) is 4.79 Å². The number of carbonyl (C=O) groups is 1. The summed E-state index contributed by atoms with van der Waals surface area (Å²) in [7, 11) is 2.11. The van der Waals surface area contributed by atoms with Crippen molar-refractivity contribution < 1.29 is 4.79 Å². The first-order valence-electron chi connectivity index (χ1n) is 9.20. The molecule has 5 heteroatoms. The van der Waals surface area contributed by atoms with Crippen LogP contribution < -0.4 is 10.6 Å². The Hall–Kier alpha value is -2.04. The van der Waals surface area contributed by atoms with Crippen LogP contribution >= 0.6 is 0 Å². The quantitative estimate of drug-likeness (QED) is 0.886. The van der Waals surface area contributed by atoms with Gasteiger partial charge in [-0.25, -0.2) is 9.78 Å². The lowest BCUT2D eigenvalue weighted by molar-refractivity contribution is 0.237. The van der Waals surface area contributed by atoms with Crippen LogP contribution in [0.3, 0.4) is 0 Å². The van der Waals surface area contributed by atoms with Gasteiger partial charge in [0.2, 0.25) is 0 Å². The molecule has 0 aliphatic heterocycles. The van der Waals surface area contributed by atoms with Gasteiger partial charge in [0.25, 0.3) is 0 Å². The van der Waals surface area contributed by atoms with E-state index in [-0.39, 0.29) is 6.03 Å². The lowest BCUT2D eigenvalue weighted by Crippen LogP contribution is -2.41. The summed E-state index contributed by atoms with van der Waals surface area (Å²) in [4.78, 5) is 16.7. The molecule has 5 nitrogen and oxygen atoms in total. The molecule has 2 fully saturated rings. The van der Waals surface area contributed by atoms with Crippen molar-refractivity contribution in [1.29, 1.82) is 0 Å². The summed E-state index contributed by atoms with van der Waals surface area (Å²) >= 11 is 0. The molecule has 4 rings (SSSR count). The van der Waals surface area contributed by atoms with Crippen molar-refractivity contribution in [2.45, 2.75) is 56.9 Å². The molecule has 1 aromatic heterocycles. The molecule has 0 unspecified atom stereocenters. The van der Waals surface area contributed by atoms with Gasteiger partial charge in [0.15, 0.2) is 0 Å². The summed E-state index contributed by atoms with van der Waals surface area (Å²) < 4.78 is 2.23. The number of nitrogens with one attached hydrogen (secondary N) is 2. The standard InChI is InChI=1S/C19H26N4O/c1-23-17-9-6-13(12-16(17)22-18(23)14-7-8-14)10-11-20-19(24)21-15-4-2-3-5-15/h6,9,12,14-15H,2-5,7-8,10-11H2,1H3,(H2,20,21,24). The van der Waals surface area contributed by atoms with Crippen molar-refractivity contribution in [1.82, 2.24) is 20.2 Å². The Morgan fingerprint density at radius 2 is 2.04 bits per heavy atom. The molecule has 0 radical (unpaired) electrons.